The van der Waals surface area contributed by atoms with E-state index in [9.17, 15) is 0 Å². The van der Waals surface area contributed by atoms with Crippen molar-refractivity contribution in [1.29, 1.82) is 0 Å². The molecular formula is C80H52N4S. The number of fused-ring (bicyclic) bond motifs is 18. The molecule has 0 amide bonds. The predicted molar refractivity (Wildman–Crippen MR) is 358 cm³/mol. The Bertz CT molecular complexity index is 5240. The third-order valence-corrected chi connectivity index (χ3v) is 18.7. The Hall–Kier alpha value is -10.7. The molecule has 4 nitrogen and oxygen atoms in total. The van der Waals surface area contributed by atoms with E-state index in [4.69, 9.17) is 9.97 Å². The Morgan fingerprint density at radius 2 is 0.812 bits per heavy atom. The SMILES string of the molecule is c1ccc(-c2ccc(N(c3ccc4c(c3)Cc3ccccc3-c3ccccc3Cc3ccccc3-4)c3cccc4c3sc3ccc5c(c34)c3c4ccccc4c4ccccc4c3n5-c3nc(-c4ccccc4)cc(-c4ccccc4)n3)cc2)cc1. The molecule has 0 aliphatic heterocycles. The van der Waals surface area contributed by atoms with Crippen LogP contribution in [0.1, 0.15) is 22.3 Å². The first-order valence-electron chi connectivity index (χ1n) is 29.2. The second-order valence-electron chi connectivity index (χ2n) is 22.3. The number of aromatic nitrogens is 3. The number of benzene rings is 13. The molecule has 85 heavy (non-hydrogen) atoms. The molecular weight excluding hydrogens is 1050 g/mol. The van der Waals surface area contributed by atoms with Gasteiger partial charge in [0.1, 0.15) is 0 Å². The molecule has 0 saturated carbocycles. The quantitative estimate of drug-likeness (QED) is 0.149. The van der Waals surface area contributed by atoms with Crippen molar-refractivity contribution >= 4 is 91.9 Å². The fourth-order valence-electron chi connectivity index (χ4n) is 13.7. The fourth-order valence-corrected chi connectivity index (χ4v) is 14.9. The summed E-state index contributed by atoms with van der Waals surface area (Å²) in [5.41, 5.74) is 22.0. The van der Waals surface area contributed by atoms with E-state index in [1.807, 2.05) is 11.3 Å². The minimum atomic E-state index is 0.630. The first-order chi connectivity index (χ1) is 42.2. The Kier molecular flexibility index (Phi) is 11.5. The van der Waals surface area contributed by atoms with Crippen LogP contribution in [0.2, 0.25) is 0 Å². The summed E-state index contributed by atoms with van der Waals surface area (Å²) >= 11 is 1.88. The van der Waals surface area contributed by atoms with Gasteiger partial charge in [-0.05, 0) is 133 Å². The zero-order valence-corrected chi connectivity index (χ0v) is 47.1. The molecule has 16 aromatic rings. The van der Waals surface area contributed by atoms with Crippen molar-refractivity contribution in [2.24, 2.45) is 0 Å². The predicted octanol–water partition coefficient (Wildman–Crippen LogP) is 21.5. The molecule has 0 N–H and O–H groups in total. The van der Waals surface area contributed by atoms with Crippen LogP contribution in [0.15, 0.2) is 291 Å². The molecule has 1 aliphatic carbocycles. The summed E-state index contributed by atoms with van der Waals surface area (Å²) in [6.45, 7) is 0. The van der Waals surface area contributed by atoms with Gasteiger partial charge in [0, 0.05) is 54.1 Å². The van der Waals surface area contributed by atoms with Crippen molar-refractivity contribution < 1.29 is 0 Å². The van der Waals surface area contributed by atoms with Crippen molar-refractivity contribution in [2.75, 3.05) is 4.90 Å². The van der Waals surface area contributed by atoms with Gasteiger partial charge in [0.2, 0.25) is 5.95 Å². The molecule has 0 saturated heterocycles. The molecule has 0 radical (unpaired) electrons. The molecule has 17 rings (SSSR count). The molecule has 0 atom stereocenters. The van der Waals surface area contributed by atoms with Crippen molar-refractivity contribution in [1.82, 2.24) is 14.5 Å². The molecule has 398 valence electrons. The third kappa shape index (κ3) is 8.11. The van der Waals surface area contributed by atoms with Gasteiger partial charge in [-0.15, -0.1) is 11.3 Å². The van der Waals surface area contributed by atoms with Crippen LogP contribution < -0.4 is 4.90 Å². The van der Waals surface area contributed by atoms with E-state index in [1.165, 1.54) is 103 Å². The molecule has 3 aromatic heterocycles. The van der Waals surface area contributed by atoms with Gasteiger partial charge in [-0.2, -0.15) is 0 Å². The summed E-state index contributed by atoms with van der Waals surface area (Å²) in [6.07, 6.45) is 1.61. The van der Waals surface area contributed by atoms with Crippen LogP contribution in [-0.4, -0.2) is 14.5 Å². The lowest BCUT2D eigenvalue weighted by atomic mass is 9.84. The molecule has 0 bridgehead atoms. The highest BCUT2D eigenvalue weighted by atomic mass is 32.1. The highest BCUT2D eigenvalue weighted by Crippen LogP contribution is 2.52. The molecule has 0 unspecified atom stereocenters. The number of hydrogen-bond donors (Lipinski definition) is 0. The first kappa shape index (κ1) is 48.9. The lowest BCUT2D eigenvalue weighted by Crippen LogP contribution is -2.11. The van der Waals surface area contributed by atoms with Crippen molar-refractivity contribution in [3.8, 4) is 61.8 Å². The normalized spacial score (nSPS) is 12.1. The van der Waals surface area contributed by atoms with Crippen molar-refractivity contribution in [2.45, 2.75) is 12.8 Å². The maximum absolute atomic E-state index is 5.55. The standard InChI is InChI=1S/C80H52N4S/c1-4-21-51(22-5-1)52-39-41-59(42-40-52)83(60-43-44-64-58(49-60)48-57-29-12-14-31-62(57)61-30-13-10-27-55(61)47-56-28-11-15-32-63(56)64)73-38-20-37-69-75-74(85-79(69)73)46-45-72-77(75)76-67-35-18-16-33-65(67)66-34-17-19-36-68(66)78(76)84(72)80-81-70(53-23-6-2-7-24-53)50-71(82-80)54-25-8-3-9-26-54/h1-46,49-50H,47-48H2. The van der Waals surface area contributed by atoms with Crippen LogP contribution in [0, 0.1) is 0 Å². The topological polar surface area (TPSA) is 34.0 Å². The van der Waals surface area contributed by atoms with Gasteiger partial charge in [-0.3, -0.25) is 4.57 Å². The second-order valence-corrected chi connectivity index (χ2v) is 23.4. The van der Waals surface area contributed by atoms with Crippen LogP contribution >= 0.6 is 11.3 Å². The number of thiophene rings is 1. The molecule has 0 fully saturated rings. The Balaban J connectivity index is 0.937. The monoisotopic (exact) mass is 1100 g/mol. The minimum absolute atomic E-state index is 0.630. The average Bonchev–Trinajstić information content (AvgIpc) is 1.61. The Labute approximate surface area is 496 Å². The van der Waals surface area contributed by atoms with Gasteiger partial charge in [0.25, 0.3) is 0 Å². The first-order valence-corrected chi connectivity index (χ1v) is 30.0. The van der Waals surface area contributed by atoms with Crippen LogP contribution in [0.3, 0.4) is 0 Å². The van der Waals surface area contributed by atoms with E-state index in [0.29, 0.717) is 5.95 Å². The largest absolute Gasteiger partial charge is 0.309 e. The number of hydrogen-bond acceptors (Lipinski definition) is 4. The summed E-state index contributed by atoms with van der Waals surface area (Å²) < 4.78 is 4.79. The minimum Gasteiger partial charge on any atom is -0.309 e. The van der Waals surface area contributed by atoms with Crippen LogP contribution in [0.25, 0.3) is 125 Å². The fraction of sp³-hybridized carbons (Fsp3) is 0.0250. The lowest BCUT2D eigenvalue weighted by Gasteiger charge is -2.28. The van der Waals surface area contributed by atoms with E-state index < -0.39 is 0 Å². The Morgan fingerprint density at radius 1 is 0.329 bits per heavy atom. The second kappa shape index (κ2) is 20.0. The third-order valence-electron chi connectivity index (χ3n) is 17.5. The van der Waals surface area contributed by atoms with E-state index in [0.717, 1.165) is 68.8 Å². The van der Waals surface area contributed by atoms with Crippen molar-refractivity contribution in [3.05, 3.63) is 313 Å². The lowest BCUT2D eigenvalue weighted by molar-refractivity contribution is 0.998. The van der Waals surface area contributed by atoms with Gasteiger partial charge < -0.3 is 4.90 Å². The summed E-state index contributed by atoms with van der Waals surface area (Å²) in [7, 11) is 0. The highest BCUT2D eigenvalue weighted by Gasteiger charge is 2.27. The van der Waals surface area contributed by atoms with Gasteiger partial charge in [-0.25, -0.2) is 9.97 Å². The zero-order chi connectivity index (χ0) is 56.0. The number of rotatable bonds is 7. The summed E-state index contributed by atoms with van der Waals surface area (Å²) in [4.78, 5) is 13.6. The summed E-state index contributed by atoms with van der Waals surface area (Å²) in [5.74, 6) is 0.630. The van der Waals surface area contributed by atoms with Gasteiger partial charge in [0.05, 0.1) is 32.8 Å². The molecule has 5 heteroatoms. The van der Waals surface area contributed by atoms with E-state index in [1.54, 1.807) is 0 Å². The van der Waals surface area contributed by atoms with Gasteiger partial charge in [-0.1, -0.05) is 243 Å². The molecule has 3 heterocycles. The van der Waals surface area contributed by atoms with E-state index >= 15 is 0 Å². The number of anilines is 3. The van der Waals surface area contributed by atoms with Crippen LogP contribution in [0.5, 0.6) is 0 Å². The molecule has 0 spiro atoms. The Morgan fingerprint density at radius 3 is 1.44 bits per heavy atom. The van der Waals surface area contributed by atoms with Gasteiger partial charge in [0.15, 0.2) is 0 Å². The summed E-state index contributed by atoms with van der Waals surface area (Å²) in [5, 5.41) is 9.58. The van der Waals surface area contributed by atoms with Gasteiger partial charge >= 0.3 is 0 Å². The molecule has 1 aliphatic rings. The van der Waals surface area contributed by atoms with E-state index in [2.05, 4.69) is 301 Å². The maximum Gasteiger partial charge on any atom is 0.235 e. The highest BCUT2D eigenvalue weighted by molar-refractivity contribution is 7.26. The summed E-state index contributed by atoms with van der Waals surface area (Å²) in [6, 6.07) is 107. The maximum atomic E-state index is 5.55. The van der Waals surface area contributed by atoms with E-state index in [-0.39, 0.29) is 0 Å². The average molecular weight is 1100 g/mol. The van der Waals surface area contributed by atoms with Crippen LogP contribution in [-0.2, 0) is 12.8 Å². The smallest absolute Gasteiger partial charge is 0.235 e. The zero-order valence-electron chi connectivity index (χ0n) is 46.3. The van der Waals surface area contributed by atoms with Crippen LogP contribution in [0.4, 0.5) is 17.1 Å². The number of nitrogens with zero attached hydrogens (tertiary/aromatic N) is 4. The molecule has 13 aromatic carbocycles. The van der Waals surface area contributed by atoms with Crippen molar-refractivity contribution in [3.63, 3.8) is 0 Å².